The monoisotopic (exact) mass is 580 g/mol. The van der Waals surface area contributed by atoms with Crippen molar-refractivity contribution >= 4 is 29.1 Å². The van der Waals surface area contributed by atoms with Gasteiger partial charge in [0.2, 0.25) is 11.9 Å². The molecule has 3 saturated heterocycles. The molecule has 0 bridgehead atoms. The van der Waals surface area contributed by atoms with E-state index in [1.807, 2.05) is 25.8 Å². The van der Waals surface area contributed by atoms with Gasteiger partial charge in [-0.25, -0.2) is 9.02 Å². The Bertz CT molecular complexity index is 1530. The third-order valence-electron chi connectivity index (χ3n) is 9.55. The summed E-state index contributed by atoms with van der Waals surface area (Å²) >= 11 is 1.75. The Kier molecular flexibility index (Phi) is 6.09. The summed E-state index contributed by atoms with van der Waals surface area (Å²) < 4.78 is 25.5. The molecule has 3 aromatic rings. The van der Waals surface area contributed by atoms with E-state index in [1.165, 1.54) is 10.4 Å². The molecule has 1 unspecified atom stereocenters. The van der Waals surface area contributed by atoms with E-state index in [1.54, 1.807) is 11.3 Å². The fraction of sp³-hybridized carbons (Fsp3) is 0.630. The molecule has 3 aliphatic heterocycles. The lowest BCUT2D eigenvalue weighted by atomic mass is 9.74. The van der Waals surface area contributed by atoms with Crippen LogP contribution in [0.4, 0.5) is 22.1 Å². The number of thiophene rings is 1. The lowest BCUT2D eigenvalue weighted by Gasteiger charge is -2.48. The first-order valence-corrected chi connectivity index (χ1v) is 14.9. The molecule has 12 nitrogen and oxygen atoms in total. The number of hydrogen-bond acceptors (Lipinski definition) is 13. The lowest BCUT2D eigenvalue weighted by molar-refractivity contribution is 0.107. The number of rotatable bonds is 7. The molecule has 0 saturated carbocycles. The SMILES string of the molecule is Cc1sc2c(c1C#N)C1(CC2)CN(c2nc(OC[C@@]34CCCN3C[C@H](F)C4)nc(N(C)C(C)c3nonc3N)n2)C1. The van der Waals surface area contributed by atoms with Crippen molar-refractivity contribution in [3.05, 3.63) is 26.6 Å². The molecule has 216 valence electrons. The van der Waals surface area contributed by atoms with Gasteiger partial charge in [-0.15, -0.1) is 11.3 Å². The summed E-state index contributed by atoms with van der Waals surface area (Å²) in [6, 6.07) is 2.32. The number of nitrogen functional groups attached to an aromatic ring is 1. The molecule has 3 fully saturated rings. The standard InChI is InChI=1S/C27H33FN10O2S/c1-15(21-22(30)35-40-34-21)36(3)23-31-24(33-25(32-23)39-14-27-6-4-8-38(27)11-17(28)9-27)37-12-26(13-37)7-5-19-20(26)18(10-29)16(2)41-19/h15,17H,4-9,11-14H2,1-3H3,(H2,30,35)/t15?,17-,27+/m1/s1. The highest BCUT2D eigenvalue weighted by Gasteiger charge is 2.52. The van der Waals surface area contributed by atoms with Gasteiger partial charge in [0.1, 0.15) is 18.8 Å². The summed E-state index contributed by atoms with van der Waals surface area (Å²) in [5.41, 5.74) is 8.11. The van der Waals surface area contributed by atoms with Crippen LogP contribution in [0.3, 0.4) is 0 Å². The zero-order chi connectivity index (χ0) is 28.5. The zero-order valence-electron chi connectivity index (χ0n) is 23.4. The Morgan fingerprint density at radius 2 is 2.12 bits per heavy atom. The van der Waals surface area contributed by atoms with Crippen LogP contribution in [0.25, 0.3) is 0 Å². The van der Waals surface area contributed by atoms with E-state index in [0.29, 0.717) is 50.3 Å². The number of aryl methyl sites for hydroxylation is 2. The number of nitriles is 1. The molecule has 7 rings (SSSR count). The summed E-state index contributed by atoms with van der Waals surface area (Å²) in [4.78, 5) is 22.8. The van der Waals surface area contributed by atoms with Gasteiger partial charge in [-0.3, -0.25) is 4.90 Å². The first kappa shape index (κ1) is 26.3. The van der Waals surface area contributed by atoms with Crippen molar-refractivity contribution in [3.8, 4) is 12.1 Å². The van der Waals surface area contributed by atoms with Crippen LogP contribution in [0.2, 0.25) is 0 Å². The summed E-state index contributed by atoms with van der Waals surface area (Å²) in [7, 11) is 1.85. The van der Waals surface area contributed by atoms with E-state index in [4.69, 9.17) is 25.1 Å². The second-order valence-electron chi connectivity index (χ2n) is 12.0. The second kappa shape index (κ2) is 9.49. The van der Waals surface area contributed by atoms with Crippen LogP contribution in [0.1, 0.15) is 65.2 Å². The maximum atomic E-state index is 14.4. The van der Waals surface area contributed by atoms with E-state index >= 15 is 0 Å². The molecule has 6 heterocycles. The van der Waals surface area contributed by atoms with Crippen LogP contribution in [-0.4, -0.2) is 81.7 Å². The average Bonchev–Trinajstić information content (AvgIpc) is 3.72. The van der Waals surface area contributed by atoms with E-state index in [9.17, 15) is 9.65 Å². The van der Waals surface area contributed by atoms with E-state index in [-0.39, 0.29) is 28.8 Å². The average molecular weight is 581 g/mol. The Morgan fingerprint density at radius 3 is 2.88 bits per heavy atom. The molecule has 0 amide bonds. The lowest BCUT2D eigenvalue weighted by Crippen LogP contribution is -2.59. The number of nitrogens with zero attached hydrogens (tertiary/aromatic N) is 9. The van der Waals surface area contributed by atoms with Crippen molar-refractivity contribution in [2.75, 3.05) is 55.4 Å². The number of fused-ring (bicyclic) bond motifs is 3. The minimum absolute atomic E-state index is 0.0672. The molecule has 0 radical (unpaired) electrons. The van der Waals surface area contributed by atoms with Gasteiger partial charge in [0.05, 0.1) is 17.1 Å². The van der Waals surface area contributed by atoms with Crippen molar-refractivity contribution in [1.82, 2.24) is 30.2 Å². The predicted molar refractivity (Wildman–Crippen MR) is 150 cm³/mol. The normalized spacial score (nSPS) is 25.1. The number of ether oxygens (including phenoxy) is 1. The molecule has 3 atom stereocenters. The van der Waals surface area contributed by atoms with Crippen molar-refractivity contribution in [2.45, 2.75) is 69.1 Å². The minimum atomic E-state index is -0.843. The molecular formula is C27H33FN10O2S. The van der Waals surface area contributed by atoms with E-state index in [0.717, 1.165) is 42.7 Å². The highest BCUT2D eigenvalue weighted by atomic mass is 32.1. The van der Waals surface area contributed by atoms with Crippen LogP contribution in [-0.2, 0) is 11.8 Å². The van der Waals surface area contributed by atoms with Gasteiger partial charge >= 0.3 is 6.01 Å². The van der Waals surface area contributed by atoms with Gasteiger partial charge < -0.3 is 20.3 Å². The van der Waals surface area contributed by atoms with Crippen molar-refractivity contribution < 1.29 is 13.8 Å². The largest absolute Gasteiger partial charge is 0.461 e. The highest BCUT2D eigenvalue weighted by Crippen LogP contribution is 2.51. The smallest absolute Gasteiger partial charge is 0.323 e. The van der Waals surface area contributed by atoms with Crippen LogP contribution in [0.15, 0.2) is 4.63 Å². The van der Waals surface area contributed by atoms with Crippen LogP contribution in [0, 0.1) is 18.3 Å². The number of alkyl halides is 1. The molecule has 1 aliphatic carbocycles. The molecule has 3 aromatic heterocycles. The molecule has 1 spiro atoms. The molecule has 2 N–H and O–H groups in total. The number of hydrogen-bond donors (Lipinski definition) is 1. The topological polar surface area (TPSA) is 146 Å². The molecule has 0 aromatic carbocycles. The highest BCUT2D eigenvalue weighted by molar-refractivity contribution is 7.12. The Hall–Kier alpha value is -3.57. The fourth-order valence-corrected chi connectivity index (χ4v) is 8.53. The maximum absolute atomic E-state index is 14.4. The molecule has 14 heteroatoms. The summed E-state index contributed by atoms with van der Waals surface area (Å²) in [6.07, 6.45) is 3.55. The maximum Gasteiger partial charge on any atom is 0.323 e. The number of aromatic nitrogens is 5. The summed E-state index contributed by atoms with van der Waals surface area (Å²) in [6.45, 7) is 7.04. The third-order valence-corrected chi connectivity index (χ3v) is 10.7. The van der Waals surface area contributed by atoms with Gasteiger partial charge in [-0.1, -0.05) is 5.16 Å². The quantitative estimate of drug-likeness (QED) is 0.438. The van der Waals surface area contributed by atoms with Crippen LogP contribution < -0.4 is 20.3 Å². The third kappa shape index (κ3) is 4.12. The van der Waals surface area contributed by atoms with Crippen molar-refractivity contribution in [2.24, 2.45) is 0 Å². The first-order valence-electron chi connectivity index (χ1n) is 14.1. The van der Waals surface area contributed by atoms with Crippen molar-refractivity contribution in [1.29, 1.82) is 5.26 Å². The van der Waals surface area contributed by atoms with E-state index in [2.05, 4.69) is 31.2 Å². The van der Waals surface area contributed by atoms with Gasteiger partial charge in [-0.05, 0) is 56.8 Å². The Balaban J connectivity index is 1.18. The second-order valence-corrected chi connectivity index (χ2v) is 13.3. The Labute approximate surface area is 241 Å². The molecule has 41 heavy (non-hydrogen) atoms. The van der Waals surface area contributed by atoms with Gasteiger partial charge in [0, 0.05) is 48.3 Å². The fourth-order valence-electron chi connectivity index (χ4n) is 7.29. The van der Waals surface area contributed by atoms with Crippen molar-refractivity contribution in [3.63, 3.8) is 0 Å². The number of nitrogens with two attached hydrogens (primary N) is 1. The minimum Gasteiger partial charge on any atom is -0.461 e. The van der Waals surface area contributed by atoms with Gasteiger partial charge in [0.25, 0.3) is 0 Å². The van der Waals surface area contributed by atoms with E-state index < -0.39 is 6.17 Å². The Morgan fingerprint density at radius 1 is 1.29 bits per heavy atom. The van der Waals surface area contributed by atoms with Gasteiger partial charge in [-0.2, -0.15) is 20.2 Å². The predicted octanol–water partition coefficient (Wildman–Crippen LogP) is 2.94. The molecule has 4 aliphatic rings. The summed E-state index contributed by atoms with van der Waals surface area (Å²) in [5.74, 6) is 1.11. The zero-order valence-corrected chi connectivity index (χ0v) is 24.2. The number of anilines is 3. The van der Waals surface area contributed by atoms with Crippen LogP contribution >= 0.6 is 11.3 Å². The van der Waals surface area contributed by atoms with Gasteiger partial charge in [0.15, 0.2) is 11.5 Å². The summed E-state index contributed by atoms with van der Waals surface area (Å²) in [5, 5.41) is 17.5. The molecular weight excluding hydrogens is 547 g/mol. The number of halogens is 1. The van der Waals surface area contributed by atoms with Crippen LogP contribution in [0.5, 0.6) is 6.01 Å². The first-order chi connectivity index (χ1) is 19.7.